The fourth-order valence-corrected chi connectivity index (χ4v) is 3.55. The number of likely N-dealkylation sites (N-methyl/N-ethyl adjacent to an activating group) is 1. The zero-order chi connectivity index (χ0) is 15.8. The van der Waals surface area contributed by atoms with Crippen LogP contribution in [0, 0.1) is 6.92 Å². The molecule has 4 nitrogen and oxygen atoms in total. The van der Waals surface area contributed by atoms with E-state index in [2.05, 4.69) is 58.8 Å². The second-order valence-corrected chi connectivity index (χ2v) is 6.58. The summed E-state index contributed by atoms with van der Waals surface area (Å²) in [7, 11) is 2.19. The number of aromatic nitrogens is 3. The average molecular weight is 306 g/mol. The van der Waals surface area contributed by atoms with E-state index in [1.54, 1.807) is 0 Å². The summed E-state index contributed by atoms with van der Waals surface area (Å²) in [4.78, 5) is 11.9. The second kappa shape index (κ2) is 5.78. The molecule has 0 N–H and O–H groups in total. The first-order valence-corrected chi connectivity index (χ1v) is 8.26. The zero-order valence-corrected chi connectivity index (χ0v) is 13.7. The van der Waals surface area contributed by atoms with Gasteiger partial charge in [-0.15, -0.1) is 0 Å². The van der Waals surface area contributed by atoms with Gasteiger partial charge < -0.3 is 9.47 Å². The molecule has 1 unspecified atom stereocenters. The van der Waals surface area contributed by atoms with Crippen LogP contribution in [-0.2, 0) is 6.54 Å². The van der Waals surface area contributed by atoms with E-state index in [1.165, 1.54) is 23.4 Å². The van der Waals surface area contributed by atoms with Crippen LogP contribution in [0.1, 0.15) is 29.3 Å². The molecule has 3 heterocycles. The molecule has 23 heavy (non-hydrogen) atoms. The molecule has 0 saturated carbocycles. The van der Waals surface area contributed by atoms with Crippen molar-refractivity contribution >= 4 is 11.2 Å². The van der Waals surface area contributed by atoms with E-state index in [9.17, 15) is 0 Å². The van der Waals surface area contributed by atoms with Gasteiger partial charge in [-0.3, -0.25) is 0 Å². The molecule has 0 spiro atoms. The standard InChI is InChI=1S/C19H22N4/c1-14-6-3-4-7-15(14)13-23-18(16-9-11-22(2)12-16)21-17-8-5-10-20-19(17)23/h3-8,10,16H,9,11-13H2,1-2H3. The molecule has 0 aliphatic carbocycles. The van der Waals surface area contributed by atoms with E-state index in [-0.39, 0.29) is 0 Å². The number of nitrogens with zero attached hydrogens (tertiary/aromatic N) is 4. The third kappa shape index (κ3) is 2.63. The summed E-state index contributed by atoms with van der Waals surface area (Å²) in [6.45, 7) is 5.24. The molecule has 4 heteroatoms. The van der Waals surface area contributed by atoms with E-state index in [1.807, 2.05) is 12.3 Å². The van der Waals surface area contributed by atoms with Gasteiger partial charge in [-0.05, 0) is 50.2 Å². The van der Waals surface area contributed by atoms with Crippen molar-refractivity contribution in [3.63, 3.8) is 0 Å². The maximum absolute atomic E-state index is 4.93. The smallest absolute Gasteiger partial charge is 0.160 e. The van der Waals surface area contributed by atoms with Crippen LogP contribution in [0.4, 0.5) is 0 Å². The van der Waals surface area contributed by atoms with Gasteiger partial charge >= 0.3 is 0 Å². The van der Waals surface area contributed by atoms with Gasteiger partial charge in [0.2, 0.25) is 0 Å². The van der Waals surface area contributed by atoms with Crippen molar-refractivity contribution in [3.05, 3.63) is 59.5 Å². The minimum absolute atomic E-state index is 0.498. The molecule has 0 radical (unpaired) electrons. The van der Waals surface area contributed by atoms with Crippen molar-refractivity contribution in [2.45, 2.75) is 25.8 Å². The lowest BCUT2D eigenvalue weighted by molar-refractivity contribution is 0.408. The Kier molecular flexibility index (Phi) is 3.62. The number of rotatable bonds is 3. The van der Waals surface area contributed by atoms with Crippen molar-refractivity contribution in [1.29, 1.82) is 0 Å². The minimum Gasteiger partial charge on any atom is -0.308 e. The quantitative estimate of drug-likeness (QED) is 0.745. The summed E-state index contributed by atoms with van der Waals surface area (Å²) in [5.41, 5.74) is 4.66. The maximum Gasteiger partial charge on any atom is 0.160 e. The lowest BCUT2D eigenvalue weighted by Gasteiger charge is -2.15. The van der Waals surface area contributed by atoms with Crippen molar-refractivity contribution in [1.82, 2.24) is 19.4 Å². The summed E-state index contributed by atoms with van der Waals surface area (Å²) in [5, 5.41) is 0. The molecule has 4 rings (SSSR count). The number of fused-ring (bicyclic) bond motifs is 1. The third-order valence-electron chi connectivity index (χ3n) is 4.88. The van der Waals surface area contributed by atoms with Crippen LogP contribution in [0.5, 0.6) is 0 Å². The molecule has 1 aliphatic heterocycles. The first kappa shape index (κ1) is 14.4. The Bertz CT molecular complexity index is 836. The van der Waals surface area contributed by atoms with E-state index in [0.717, 1.165) is 30.8 Å². The normalized spacial score (nSPS) is 18.8. The van der Waals surface area contributed by atoms with Crippen molar-refractivity contribution in [2.75, 3.05) is 20.1 Å². The molecule has 1 saturated heterocycles. The number of aryl methyl sites for hydroxylation is 1. The molecule has 2 aromatic heterocycles. The Labute approximate surface area is 136 Å². The highest BCUT2D eigenvalue weighted by molar-refractivity contribution is 5.71. The summed E-state index contributed by atoms with van der Waals surface area (Å²) in [6, 6.07) is 12.6. The Hall–Kier alpha value is -2.20. The van der Waals surface area contributed by atoms with Crippen LogP contribution in [0.25, 0.3) is 11.2 Å². The molecular formula is C19H22N4. The maximum atomic E-state index is 4.93. The molecule has 1 fully saturated rings. The third-order valence-corrected chi connectivity index (χ3v) is 4.88. The highest BCUT2D eigenvalue weighted by Gasteiger charge is 2.27. The molecule has 118 valence electrons. The van der Waals surface area contributed by atoms with Crippen LogP contribution in [0.3, 0.4) is 0 Å². The van der Waals surface area contributed by atoms with Gasteiger partial charge in [0.1, 0.15) is 11.3 Å². The Morgan fingerprint density at radius 2 is 2.04 bits per heavy atom. The molecule has 0 amide bonds. The van der Waals surface area contributed by atoms with Gasteiger partial charge in [0.25, 0.3) is 0 Å². The predicted octanol–water partition coefficient (Wildman–Crippen LogP) is 3.21. The molecule has 0 bridgehead atoms. The summed E-state index contributed by atoms with van der Waals surface area (Å²) >= 11 is 0. The van der Waals surface area contributed by atoms with Crippen LogP contribution in [-0.4, -0.2) is 39.6 Å². The highest BCUT2D eigenvalue weighted by atomic mass is 15.2. The topological polar surface area (TPSA) is 34.0 Å². The van der Waals surface area contributed by atoms with Crippen molar-refractivity contribution in [2.24, 2.45) is 0 Å². The van der Waals surface area contributed by atoms with Gasteiger partial charge in [0.15, 0.2) is 5.65 Å². The Morgan fingerprint density at radius 1 is 1.17 bits per heavy atom. The molecular weight excluding hydrogens is 284 g/mol. The van der Waals surface area contributed by atoms with Crippen LogP contribution in [0.15, 0.2) is 42.6 Å². The lowest BCUT2D eigenvalue weighted by atomic mass is 10.1. The molecule has 3 aromatic rings. The van der Waals surface area contributed by atoms with E-state index >= 15 is 0 Å². The average Bonchev–Trinajstić information content (AvgIpc) is 3.14. The Balaban J connectivity index is 1.81. The second-order valence-electron chi connectivity index (χ2n) is 6.58. The monoisotopic (exact) mass is 306 g/mol. The molecule has 1 aromatic carbocycles. The fraction of sp³-hybridized carbons (Fsp3) is 0.368. The minimum atomic E-state index is 0.498. The van der Waals surface area contributed by atoms with E-state index in [4.69, 9.17) is 4.98 Å². The van der Waals surface area contributed by atoms with Gasteiger partial charge in [-0.1, -0.05) is 24.3 Å². The van der Waals surface area contributed by atoms with Gasteiger partial charge in [-0.2, -0.15) is 0 Å². The number of likely N-dealkylation sites (tertiary alicyclic amines) is 1. The van der Waals surface area contributed by atoms with Gasteiger partial charge in [-0.25, -0.2) is 9.97 Å². The Morgan fingerprint density at radius 3 is 2.83 bits per heavy atom. The van der Waals surface area contributed by atoms with Crippen LogP contribution < -0.4 is 0 Å². The molecule has 1 atom stereocenters. The van der Waals surface area contributed by atoms with Crippen molar-refractivity contribution < 1.29 is 0 Å². The van der Waals surface area contributed by atoms with Crippen LogP contribution >= 0.6 is 0 Å². The number of imidazole rings is 1. The van der Waals surface area contributed by atoms with Crippen molar-refractivity contribution in [3.8, 4) is 0 Å². The highest BCUT2D eigenvalue weighted by Crippen LogP contribution is 2.29. The summed E-state index contributed by atoms with van der Waals surface area (Å²) in [6.07, 6.45) is 3.04. The largest absolute Gasteiger partial charge is 0.308 e. The number of hydrogen-bond donors (Lipinski definition) is 0. The zero-order valence-electron chi connectivity index (χ0n) is 13.7. The fourth-order valence-electron chi connectivity index (χ4n) is 3.55. The van der Waals surface area contributed by atoms with E-state index < -0.39 is 0 Å². The van der Waals surface area contributed by atoms with Crippen LogP contribution in [0.2, 0.25) is 0 Å². The summed E-state index contributed by atoms with van der Waals surface area (Å²) in [5.74, 6) is 1.68. The van der Waals surface area contributed by atoms with Gasteiger partial charge in [0.05, 0.1) is 6.54 Å². The lowest BCUT2D eigenvalue weighted by Crippen LogP contribution is -2.16. The first-order chi connectivity index (χ1) is 11.2. The predicted molar refractivity (Wildman–Crippen MR) is 92.7 cm³/mol. The van der Waals surface area contributed by atoms with E-state index in [0.29, 0.717) is 5.92 Å². The molecule has 1 aliphatic rings. The number of benzene rings is 1. The number of hydrogen-bond acceptors (Lipinski definition) is 3. The SMILES string of the molecule is Cc1ccccc1Cn1c(C2CCN(C)C2)nc2cccnc21. The number of pyridine rings is 1. The first-order valence-electron chi connectivity index (χ1n) is 8.26. The van der Waals surface area contributed by atoms with Gasteiger partial charge in [0, 0.05) is 18.7 Å². The summed E-state index contributed by atoms with van der Waals surface area (Å²) < 4.78 is 2.32.